The minimum Gasteiger partial charge on any atom is -0.490 e. The molecule has 0 aliphatic heterocycles. The lowest BCUT2D eigenvalue weighted by molar-refractivity contribution is -0.385. The van der Waals surface area contributed by atoms with Gasteiger partial charge >= 0.3 is 10.6 Å². The molecule has 6 nitrogen and oxygen atoms in total. The second-order valence-electron chi connectivity index (χ2n) is 4.36. The van der Waals surface area contributed by atoms with E-state index in [1.54, 1.807) is 16.7 Å². The Balaban J connectivity index is 2.42. The van der Waals surface area contributed by atoms with Crippen LogP contribution in [0.5, 0.6) is 5.75 Å². The van der Waals surface area contributed by atoms with Crippen LogP contribution in [0.2, 0.25) is 0 Å². The minimum atomic E-state index is -0.489. The fraction of sp³-hybridized carbons (Fsp3) is 0.308. The Morgan fingerprint density at radius 1 is 1.40 bits per heavy atom. The van der Waals surface area contributed by atoms with Crippen molar-refractivity contribution >= 4 is 17.0 Å². The van der Waals surface area contributed by atoms with E-state index in [-0.39, 0.29) is 16.3 Å². The molecule has 1 heterocycles. The monoisotopic (exact) mass is 294 g/mol. The Morgan fingerprint density at radius 3 is 2.60 bits per heavy atom. The topological polar surface area (TPSA) is 74.4 Å². The van der Waals surface area contributed by atoms with Gasteiger partial charge in [-0.2, -0.15) is 0 Å². The second kappa shape index (κ2) is 5.46. The highest BCUT2D eigenvalue weighted by Crippen LogP contribution is 2.28. The molecule has 0 aliphatic carbocycles. The smallest absolute Gasteiger partial charge is 0.311 e. The molecule has 106 valence electrons. The molecule has 7 heteroatoms. The third-order valence-corrected chi connectivity index (χ3v) is 4.15. The van der Waals surface area contributed by atoms with Crippen LogP contribution in [0.3, 0.4) is 0 Å². The number of thiazole rings is 1. The molecule has 0 fully saturated rings. The molecule has 0 atom stereocenters. The van der Waals surface area contributed by atoms with E-state index in [2.05, 4.69) is 0 Å². The lowest BCUT2D eigenvalue weighted by Gasteiger charge is -2.07. The van der Waals surface area contributed by atoms with Crippen molar-refractivity contribution in [2.24, 2.45) is 0 Å². The molecule has 0 saturated carbocycles. The Labute approximate surface area is 119 Å². The first-order chi connectivity index (χ1) is 9.43. The van der Waals surface area contributed by atoms with Gasteiger partial charge in [-0.1, -0.05) is 17.4 Å². The third kappa shape index (κ3) is 2.57. The first-order valence-corrected chi connectivity index (χ1v) is 6.74. The predicted octanol–water partition coefficient (Wildman–Crippen LogP) is 2.49. The molecule has 20 heavy (non-hydrogen) atoms. The summed E-state index contributed by atoms with van der Waals surface area (Å²) in [4.78, 5) is 23.2. The molecule has 0 N–H and O–H groups in total. The van der Waals surface area contributed by atoms with Crippen molar-refractivity contribution in [2.75, 3.05) is 7.11 Å². The van der Waals surface area contributed by atoms with E-state index in [0.717, 1.165) is 10.6 Å². The van der Waals surface area contributed by atoms with Crippen molar-refractivity contribution in [1.29, 1.82) is 0 Å². The molecule has 0 amide bonds. The summed E-state index contributed by atoms with van der Waals surface area (Å²) in [6, 6.07) is 4.72. The van der Waals surface area contributed by atoms with E-state index >= 15 is 0 Å². The molecule has 0 bridgehead atoms. The standard InChI is InChI=1S/C13H14N2O4S/c1-8-9(2)20-13(16)14(8)7-10-4-5-12(19-3)11(6-10)15(17)18/h4-6H,7H2,1-3H3. The number of ether oxygens (including phenoxy) is 1. The summed E-state index contributed by atoms with van der Waals surface area (Å²) in [6.45, 7) is 4.07. The van der Waals surface area contributed by atoms with Gasteiger partial charge in [-0.05, 0) is 25.5 Å². The Hall–Kier alpha value is -2.15. The summed E-state index contributed by atoms with van der Waals surface area (Å²) in [7, 11) is 1.39. The zero-order valence-electron chi connectivity index (χ0n) is 11.4. The van der Waals surface area contributed by atoms with Gasteiger partial charge in [0.1, 0.15) is 0 Å². The minimum absolute atomic E-state index is 0.0570. The molecular formula is C13H14N2O4S. The Kier molecular flexibility index (Phi) is 3.89. The van der Waals surface area contributed by atoms with Crippen LogP contribution >= 0.6 is 11.3 Å². The van der Waals surface area contributed by atoms with Crippen LogP contribution in [0.4, 0.5) is 5.69 Å². The highest BCUT2D eigenvalue weighted by molar-refractivity contribution is 7.09. The van der Waals surface area contributed by atoms with Crippen molar-refractivity contribution in [3.05, 3.63) is 54.1 Å². The third-order valence-electron chi connectivity index (χ3n) is 3.16. The molecule has 0 unspecified atom stereocenters. The zero-order chi connectivity index (χ0) is 14.9. The number of nitro groups is 1. The van der Waals surface area contributed by atoms with Crippen molar-refractivity contribution < 1.29 is 9.66 Å². The summed E-state index contributed by atoms with van der Waals surface area (Å²) in [5.41, 5.74) is 1.49. The van der Waals surface area contributed by atoms with Crippen LogP contribution in [0, 0.1) is 24.0 Å². The quantitative estimate of drug-likeness (QED) is 0.641. The predicted molar refractivity (Wildman–Crippen MR) is 76.8 cm³/mol. The van der Waals surface area contributed by atoms with Crippen LogP contribution in [0.1, 0.15) is 16.1 Å². The van der Waals surface area contributed by atoms with Gasteiger partial charge in [0.15, 0.2) is 5.75 Å². The van der Waals surface area contributed by atoms with Crippen LogP contribution in [-0.4, -0.2) is 16.6 Å². The van der Waals surface area contributed by atoms with Gasteiger partial charge in [-0.15, -0.1) is 0 Å². The number of benzene rings is 1. The van der Waals surface area contributed by atoms with Gasteiger partial charge in [0.05, 0.1) is 18.6 Å². The van der Waals surface area contributed by atoms with Gasteiger partial charge in [-0.3, -0.25) is 19.5 Å². The number of aromatic nitrogens is 1. The highest BCUT2D eigenvalue weighted by Gasteiger charge is 2.16. The molecule has 0 saturated heterocycles. The number of nitrogens with zero attached hydrogens (tertiary/aromatic N) is 2. The first-order valence-electron chi connectivity index (χ1n) is 5.92. The summed E-state index contributed by atoms with van der Waals surface area (Å²) < 4.78 is 6.57. The summed E-state index contributed by atoms with van der Waals surface area (Å²) in [5.74, 6) is 0.212. The normalized spacial score (nSPS) is 10.6. The van der Waals surface area contributed by atoms with E-state index in [1.807, 2.05) is 13.8 Å². The maximum atomic E-state index is 11.8. The van der Waals surface area contributed by atoms with Gasteiger partial charge in [0.2, 0.25) is 0 Å². The van der Waals surface area contributed by atoms with E-state index in [4.69, 9.17) is 4.74 Å². The fourth-order valence-corrected chi connectivity index (χ4v) is 2.76. The molecule has 0 aliphatic rings. The maximum Gasteiger partial charge on any atom is 0.311 e. The maximum absolute atomic E-state index is 11.8. The van der Waals surface area contributed by atoms with Crippen LogP contribution < -0.4 is 9.61 Å². The number of methoxy groups -OCH3 is 1. The van der Waals surface area contributed by atoms with Crippen molar-refractivity contribution in [2.45, 2.75) is 20.4 Å². The molecule has 1 aromatic carbocycles. The van der Waals surface area contributed by atoms with Crippen LogP contribution in [0.25, 0.3) is 0 Å². The fourth-order valence-electron chi connectivity index (χ4n) is 1.93. The van der Waals surface area contributed by atoms with E-state index in [1.165, 1.54) is 24.5 Å². The van der Waals surface area contributed by atoms with E-state index in [0.29, 0.717) is 12.1 Å². The Bertz CT molecular complexity index is 718. The second-order valence-corrected chi connectivity index (χ2v) is 5.52. The zero-order valence-corrected chi connectivity index (χ0v) is 12.2. The van der Waals surface area contributed by atoms with E-state index in [9.17, 15) is 14.9 Å². The Morgan fingerprint density at radius 2 is 2.10 bits per heavy atom. The molecule has 1 aromatic heterocycles. The van der Waals surface area contributed by atoms with Crippen LogP contribution in [-0.2, 0) is 6.54 Å². The van der Waals surface area contributed by atoms with Crippen molar-refractivity contribution in [1.82, 2.24) is 4.57 Å². The number of aryl methyl sites for hydroxylation is 1. The number of hydrogen-bond donors (Lipinski definition) is 0. The van der Waals surface area contributed by atoms with E-state index < -0.39 is 4.92 Å². The number of nitro benzene ring substituents is 1. The molecule has 0 spiro atoms. The van der Waals surface area contributed by atoms with Gasteiger partial charge in [-0.25, -0.2) is 0 Å². The van der Waals surface area contributed by atoms with Crippen molar-refractivity contribution in [3.63, 3.8) is 0 Å². The molecular weight excluding hydrogens is 280 g/mol. The molecule has 2 rings (SSSR count). The highest BCUT2D eigenvalue weighted by atomic mass is 32.1. The van der Waals surface area contributed by atoms with Gasteiger partial charge in [0.25, 0.3) is 0 Å². The molecule has 2 aromatic rings. The van der Waals surface area contributed by atoms with Gasteiger partial charge < -0.3 is 4.74 Å². The summed E-state index contributed by atoms with van der Waals surface area (Å²) >= 11 is 1.18. The van der Waals surface area contributed by atoms with Gasteiger partial charge in [0, 0.05) is 16.6 Å². The van der Waals surface area contributed by atoms with Crippen molar-refractivity contribution in [3.8, 4) is 5.75 Å². The number of rotatable bonds is 4. The first kappa shape index (κ1) is 14.3. The number of hydrogen-bond acceptors (Lipinski definition) is 5. The SMILES string of the molecule is COc1ccc(Cn2c(C)c(C)sc2=O)cc1[N+](=O)[O-]. The average molecular weight is 294 g/mol. The van der Waals surface area contributed by atoms with Crippen LogP contribution in [0.15, 0.2) is 23.0 Å². The molecule has 0 radical (unpaired) electrons. The summed E-state index contributed by atoms with van der Waals surface area (Å²) in [6.07, 6.45) is 0. The average Bonchev–Trinajstić information content (AvgIpc) is 2.65. The largest absolute Gasteiger partial charge is 0.490 e. The lowest BCUT2D eigenvalue weighted by atomic mass is 10.2. The summed E-state index contributed by atoms with van der Waals surface area (Å²) in [5, 5.41) is 11.0. The lowest BCUT2D eigenvalue weighted by Crippen LogP contribution is -2.15.